The number of aromatic nitrogens is 2. The van der Waals surface area contributed by atoms with Gasteiger partial charge in [0.05, 0.1) is 6.20 Å². The van der Waals surface area contributed by atoms with Crippen LogP contribution in [0.3, 0.4) is 0 Å². The van der Waals surface area contributed by atoms with Crippen molar-refractivity contribution in [2.45, 2.75) is 52.0 Å². The lowest BCUT2D eigenvalue weighted by Gasteiger charge is -2.18. The molecule has 0 spiro atoms. The minimum absolute atomic E-state index is 0.302. The second-order valence-electron chi connectivity index (χ2n) is 5.25. The number of hydrogen-bond donors (Lipinski definition) is 2. The van der Waals surface area contributed by atoms with Crippen molar-refractivity contribution < 1.29 is 4.39 Å². The number of nitrogens with zero attached hydrogens (tertiary/aromatic N) is 2. The third-order valence-electron chi connectivity index (χ3n) is 3.43. The maximum Gasteiger partial charge on any atom is 0.224 e. The quantitative estimate of drug-likeness (QED) is 0.757. The van der Waals surface area contributed by atoms with Gasteiger partial charge in [-0.15, -0.1) is 0 Å². The summed E-state index contributed by atoms with van der Waals surface area (Å²) in [5, 5.41) is 6.30. The zero-order chi connectivity index (χ0) is 13.7. The van der Waals surface area contributed by atoms with Crippen molar-refractivity contribution >= 4 is 11.8 Å². The molecule has 1 aliphatic rings. The van der Waals surface area contributed by atoms with Crippen molar-refractivity contribution in [3.05, 3.63) is 12.0 Å². The normalized spacial score (nSPS) is 16.2. The van der Waals surface area contributed by atoms with Crippen molar-refractivity contribution in [3.8, 4) is 0 Å². The second kappa shape index (κ2) is 6.68. The lowest BCUT2D eigenvalue weighted by molar-refractivity contribution is 0.569. The van der Waals surface area contributed by atoms with Gasteiger partial charge in [0.1, 0.15) is 0 Å². The SMILES string of the molecule is CCCNc1ncc(F)c(NC(CC)CC2CC2)n1. The molecule has 4 nitrogen and oxygen atoms in total. The first kappa shape index (κ1) is 14.0. The summed E-state index contributed by atoms with van der Waals surface area (Å²) in [4.78, 5) is 8.16. The van der Waals surface area contributed by atoms with E-state index in [-0.39, 0.29) is 5.82 Å². The van der Waals surface area contributed by atoms with Gasteiger partial charge < -0.3 is 10.6 Å². The van der Waals surface area contributed by atoms with Crippen molar-refractivity contribution in [2.75, 3.05) is 17.2 Å². The average Bonchev–Trinajstić information content (AvgIpc) is 3.22. The topological polar surface area (TPSA) is 49.8 Å². The summed E-state index contributed by atoms with van der Waals surface area (Å²) in [5.74, 6) is 1.25. The fourth-order valence-electron chi connectivity index (χ4n) is 2.07. The largest absolute Gasteiger partial charge is 0.365 e. The van der Waals surface area contributed by atoms with Gasteiger partial charge in [-0.05, 0) is 25.2 Å². The van der Waals surface area contributed by atoms with E-state index < -0.39 is 0 Å². The Morgan fingerprint density at radius 1 is 1.42 bits per heavy atom. The Bertz CT molecular complexity index is 406. The van der Waals surface area contributed by atoms with Crippen LogP contribution in [0.25, 0.3) is 0 Å². The summed E-state index contributed by atoms with van der Waals surface area (Å²) in [7, 11) is 0. The van der Waals surface area contributed by atoms with E-state index in [4.69, 9.17) is 0 Å². The van der Waals surface area contributed by atoms with Gasteiger partial charge in [0.25, 0.3) is 0 Å². The molecular weight excluding hydrogens is 243 g/mol. The van der Waals surface area contributed by atoms with Gasteiger partial charge in [-0.1, -0.05) is 26.7 Å². The van der Waals surface area contributed by atoms with Crippen molar-refractivity contribution in [1.82, 2.24) is 9.97 Å². The molecule has 0 radical (unpaired) electrons. The van der Waals surface area contributed by atoms with E-state index in [9.17, 15) is 4.39 Å². The summed E-state index contributed by atoms with van der Waals surface area (Å²) in [6.45, 7) is 4.98. The molecule has 1 aromatic heterocycles. The van der Waals surface area contributed by atoms with E-state index in [2.05, 4.69) is 34.4 Å². The highest BCUT2D eigenvalue weighted by molar-refractivity contribution is 5.41. The van der Waals surface area contributed by atoms with Gasteiger partial charge in [0, 0.05) is 12.6 Å². The molecule has 0 aromatic carbocycles. The fraction of sp³-hybridized carbons (Fsp3) is 0.714. The van der Waals surface area contributed by atoms with Gasteiger partial charge in [-0.25, -0.2) is 9.37 Å². The Morgan fingerprint density at radius 3 is 2.84 bits per heavy atom. The maximum absolute atomic E-state index is 13.7. The van der Waals surface area contributed by atoms with Crippen molar-refractivity contribution in [2.24, 2.45) is 5.92 Å². The molecule has 1 heterocycles. The Balaban J connectivity index is 1.99. The van der Waals surface area contributed by atoms with Gasteiger partial charge in [-0.2, -0.15) is 4.98 Å². The second-order valence-corrected chi connectivity index (χ2v) is 5.25. The number of halogens is 1. The first-order valence-electron chi connectivity index (χ1n) is 7.25. The molecule has 1 fully saturated rings. The lowest BCUT2D eigenvalue weighted by Crippen LogP contribution is -2.21. The highest BCUT2D eigenvalue weighted by atomic mass is 19.1. The standard InChI is InChI=1S/C14H23FN4/c1-3-7-16-14-17-9-12(15)13(19-14)18-11(4-2)8-10-5-6-10/h9-11H,3-8H2,1-2H3,(H2,16,17,18,19). The number of rotatable bonds is 8. The minimum Gasteiger partial charge on any atom is -0.365 e. The van der Waals surface area contributed by atoms with Gasteiger partial charge in [0.15, 0.2) is 11.6 Å². The third-order valence-corrected chi connectivity index (χ3v) is 3.43. The monoisotopic (exact) mass is 266 g/mol. The van der Waals surface area contributed by atoms with E-state index in [0.29, 0.717) is 17.8 Å². The zero-order valence-electron chi connectivity index (χ0n) is 11.7. The molecule has 0 bridgehead atoms. The summed E-state index contributed by atoms with van der Waals surface area (Å²) >= 11 is 0. The molecule has 0 saturated heterocycles. The molecule has 1 saturated carbocycles. The van der Waals surface area contributed by atoms with Crippen LogP contribution >= 0.6 is 0 Å². The van der Waals surface area contributed by atoms with Crippen LogP contribution in [0.1, 0.15) is 46.0 Å². The van der Waals surface area contributed by atoms with E-state index in [1.165, 1.54) is 19.0 Å². The number of hydrogen-bond acceptors (Lipinski definition) is 4. The third kappa shape index (κ3) is 4.33. The number of anilines is 2. The van der Waals surface area contributed by atoms with Crippen LogP contribution < -0.4 is 10.6 Å². The molecule has 1 aliphatic carbocycles. The Kier molecular flexibility index (Phi) is 4.93. The molecule has 1 aromatic rings. The maximum atomic E-state index is 13.7. The predicted molar refractivity (Wildman–Crippen MR) is 75.8 cm³/mol. The van der Waals surface area contributed by atoms with Crippen LogP contribution in [0.4, 0.5) is 16.2 Å². The van der Waals surface area contributed by atoms with E-state index in [0.717, 1.165) is 31.7 Å². The first-order valence-corrected chi connectivity index (χ1v) is 7.25. The molecule has 106 valence electrons. The Labute approximate surface area is 114 Å². The highest BCUT2D eigenvalue weighted by Gasteiger charge is 2.25. The molecule has 1 unspecified atom stereocenters. The van der Waals surface area contributed by atoms with Gasteiger partial charge in [-0.3, -0.25) is 0 Å². The zero-order valence-corrected chi connectivity index (χ0v) is 11.7. The van der Waals surface area contributed by atoms with Gasteiger partial charge in [0.2, 0.25) is 5.95 Å². The molecule has 2 N–H and O–H groups in total. The summed E-state index contributed by atoms with van der Waals surface area (Å²) < 4.78 is 13.7. The van der Waals surface area contributed by atoms with E-state index >= 15 is 0 Å². The van der Waals surface area contributed by atoms with Crippen LogP contribution in [0.15, 0.2) is 6.20 Å². The Morgan fingerprint density at radius 2 is 2.21 bits per heavy atom. The average molecular weight is 266 g/mol. The molecule has 5 heteroatoms. The minimum atomic E-state index is -0.378. The van der Waals surface area contributed by atoms with Crippen LogP contribution in [0, 0.1) is 11.7 Å². The Hall–Kier alpha value is -1.39. The van der Waals surface area contributed by atoms with Crippen LogP contribution in [0.5, 0.6) is 0 Å². The summed E-state index contributed by atoms with van der Waals surface area (Å²) in [6.07, 6.45) is 6.94. The van der Waals surface area contributed by atoms with Crippen molar-refractivity contribution in [3.63, 3.8) is 0 Å². The smallest absolute Gasteiger partial charge is 0.224 e. The summed E-state index contributed by atoms with van der Waals surface area (Å²) in [5.41, 5.74) is 0. The molecular formula is C14H23FN4. The first-order chi connectivity index (χ1) is 9.22. The summed E-state index contributed by atoms with van der Waals surface area (Å²) in [6, 6.07) is 0.302. The van der Waals surface area contributed by atoms with E-state index in [1.54, 1.807) is 0 Å². The van der Waals surface area contributed by atoms with Crippen LogP contribution in [-0.4, -0.2) is 22.6 Å². The molecule has 1 atom stereocenters. The fourth-order valence-corrected chi connectivity index (χ4v) is 2.07. The van der Waals surface area contributed by atoms with Crippen LogP contribution in [0.2, 0.25) is 0 Å². The molecule has 0 aliphatic heterocycles. The van der Waals surface area contributed by atoms with Gasteiger partial charge >= 0.3 is 0 Å². The van der Waals surface area contributed by atoms with Crippen molar-refractivity contribution in [1.29, 1.82) is 0 Å². The number of nitrogens with one attached hydrogen (secondary N) is 2. The molecule has 19 heavy (non-hydrogen) atoms. The predicted octanol–water partition coefficient (Wildman–Crippen LogP) is 3.43. The molecule has 2 rings (SSSR count). The lowest BCUT2D eigenvalue weighted by atomic mass is 10.1. The van der Waals surface area contributed by atoms with E-state index in [1.807, 2.05) is 0 Å². The highest BCUT2D eigenvalue weighted by Crippen LogP contribution is 2.34. The molecule has 0 amide bonds. The van der Waals surface area contributed by atoms with Crippen LogP contribution in [-0.2, 0) is 0 Å².